The number of nitrogens with one attached hydrogen (secondary N) is 5. The summed E-state index contributed by atoms with van der Waals surface area (Å²) >= 11 is 0. The van der Waals surface area contributed by atoms with Crippen LogP contribution in [0.5, 0.6) is 5.75 Å². The van der Waals surface area contributed by atoms with Crippen molar-refractivity contribution in [3.8, 4) is 17.6 Å². The third-order valence-electron chi connectivity index (χ3n) is 15.3. The molecular weight excluding hydrogens is 1170 g/mol. The van der Waals surface area contributed by atoms with Gasteiger partial charge in [-0.3, -0.25) is 24.0 Å². The Kier molecular flexibility index (Phi) is 28.3. The number of unbranched alkanes of at least 4 members (excludes halogenated alkanes) is 5. The summed E-state index contributed by atoms with van der Waals surface area (Å²) in [6.07, 6.45) is -29.4. The van der Waals surface area contributed by atoms with Crippen molar-refractivity contribution in [2.45, 2.75) is 233 Å². The molecule has 32 heteroatoms. The Morgan fingerprint density at radius 1 is 0.455 bits per heavy atom. The smallest absolute Gasteiger partial charge is 0.251 e. The molecule has 1 aromatic rings. The molecule has 498 valence electrons. The Morgan fingerprint density at radius 2 is 0.830 bits per heavy atom. The zero-order valence-corrected chi connectivity index (χ0v) is 49.4. The van der Waals surface area contributed by atoms with Crippen LogP contribution in [-0.2, 0) is 61.8 Å². The van der Waals surface area contributed by atoms with Gasteiger partial charge in [-0.05, 0) is 31.0 Å². The molecule has 5 amide bonds. The van der Waals surface area contributed by atoms with Crippen molar-refractivity contribution in [2.75, 3.05) is 39.6 Å². The van der Waals surface area contributed by atoms with Crippen LogP contribution in [0.3, 0.4) is 0 Å². The molecule has 5 saturated heterocycles. The maximum atomic E-state index is 13.9. The van der Waals surface area contributed by atoms with E-state index in [9.17, 15) is 85.3 Å². The lowest BCUT2D eigenvalue weighted by Gasteiger charge is -2.51. The molecule has 13 unspecified atom stereocenters. The van der Waals surface area contributed by atoms with Gasteiger partial charge in [0.2, 0.25) is 23.6 Å². The van der Waals surface area contributed by atoms with Crippen LogP contribution in [-0.4, -0.2) is 284 Å². The van der Waals surface area contributed by atoms with Crippen molar-refractivity contribution in [3.63, 3.8) is 0 Å². The molecule has 0 spiro atoms. The Bertz CT molecular complexity index is 2460. The van der Waals surface area contributed by atoms with Gasteiger partial charge in [-0.2, -0.15) is 0 Å². The third kappa shape index (κ3) is 18.6. The van der Waals surface area contributed by atoms with E-state index in [-0.39, 0.29) is 5.56 Å². The summed E-state index contributed by atoms with van der Waals surface area (Å²) in [6, 6.07) is -2.26. The average Bonchev–Trinajstić information content (AvgIpc) is 1.44. The van der Waals surface area contributed by atoms with Crippen molar-refractivity contribution < 1.29 is 133 Å². The number of ether oxygens (including phenoxy) is 10. The van der Waals surface area contributed by atoms with Crippen molar-refractivity contribution in [1.29, 1.82) is 0 Å². The minimum absolute atomic E-state index is 0.0436. The highest BCUT2D eigenvalue weighted by atomic mass is 16.8. The van der Waals surface area contributed by atoms with E-state index < -0.39 is 216 Å². The molecule has 1 aromatic carbocycles. The number of hydrogen-bond donors (Lipinski definition) is 17. The Morgan fingerprint density at radius 3 is 1.24 bits per heavy atom. The molecule has 5 aliphatic heterocycles. The monoisotopic (exact) mass is 1260 g/mol. The van der Waals surface area contributed by atoms with Gasteiger partial charge < -0.3 is 135 Å². The second-order valence-corrected chi connectivity index (χ2v) is 22.0. The largest absolute Gasteiger partial charge is 0.494 e. The first-order chi connectivity index (χ1) is 42.0. The van der Waals surface area contributed by atoms with E-state index in [1.54, 1.807) is 12.1 Å². The fourth-order valence-corrected chi connectivity index (χ4v) is 11.0. The lowest BCUT2D eigenvalue weighted by Crippen LogP contribution is -2.72. The number of amides is 5. The number of rotatable bonds is 27. The SMILES string of the molecule is CCCCCCC#CCCCOc1cccc(C(=O)NC2[C@H](O[C@H]3C(O)C(NC(C)=O)C(OC4C(CO)O[C@@H](O[C@H]5C(O)C(NC(C)=O)C(OC6C(CO)OC(O)[C@@H](NC(C)=O)[C@H]6O)O[C@H]5CO)[C@@H](NC(C)=O)[C@H]4O)O[C@H]3CO)OC(CO)[C@@H](O)[C@@H]2O)c1. The minimum Gasteiger partial charge on any atom is -0.494 e. The first-order valence-electron chi connectivity index (χ1n) is 29.3. The molecule has 0 saturated carbocycles. The first-order valence-corrected chi connectivity index (χ1v) is 29.3. The summed E-state index contributed by atoms with van der Waals surface area (Å²) < 4.78 is 59.8. The molecule has 32 nitrogen and oxygen atoms in total. The van der Waals surface area contributed by atoms with Gasteiger partial charge in [0, 0.05) is 46.1 Å². The molecule has 0 radical (unpaired) electrons. The fraction of sp³-hybridized carbons (Fsp3) is 0.768. The molecule has 5 heterocycles. The predicted molar refractivity (Wildman–Crippen MR) is 296 cm³/mol. The van der Waals surface area contributed by atoms with E-state index in [4.69, 9.17) is 47.4 Å². The summed E-state index contributed by atoms with van der Waals surface area (Å²) in [6.45, 7) is 1.92. The molecule has 5 aliphatic rings. The van der Waals surface area contributed by atoms with Crippen LogP contribution in [0.2, 0.25) is 0 Å². The Labute approximate surface area is 507 Å². The normalized spacial score (nSPS) is 37.5. The van der Waals surface area contributed by atoms with Crippen molar-refractivity contribution in [2.24, 2.45) is 0 Å². The fourth-order valence-electron chi connectivity index (χ4n) is 11.0. The molecule has 17 N–H and O–H groups in total. The summed E-state index contributed by atoms with van der Waals surface area (Å²) in [7, 11) is 0. The van der Waals surface area contributed by atoms with Gasteiger partial charge in [0.25, 0.3) is 5.91 Å². The molecule has 0 aliphatic carbocycles. The molecule has 6 rings (SSSR count). The quantitative estimate of drug-likeness (QED) is 0.0288. The Hall–Kier alpha value is -4.91. The van der Waals surface area contributed by atoms with Crippen LogP contribution in [0.4, 0.5) is 0 Å². The van der Waals surface area contributed by atoms with Crippen LogP contribution in [0.1, 0.15) is 89.9 Å². The van der Waals surface area contributed by atoms with Crippen LogP contribution < -0.4 is 31.3 Å². The van der Waals surface area contributed by atoms with E-state index in [0.717, 1.165) is 53.4 Å². The number of aliphatic hydroxyl groups excluding tert-OH is 12. The highest BCUT2D eigenvalue weighted by molar-refractivity contribution is 5.94. The number of aliphatic hydroxyl groups is 12. The zero-order chi connectivity index (χ0) is 64.5. The number of carbonyl (C=O) groups excluding carboxylic acids is 5. The van der Waals surface area contributed by atoms with E-state index in [2.05, 4.69) is 45.3 Å². The number of benzene rings is 1. The van der Waals surface area contributed by atoms with Crippen molar-refractivity contribution in [3.05, 3.63) is 29.8 Å². The van der Waals surface area contributed by atoms with E-state index in [0.29, 0.717) is 25.2 Å². The molecule has 0 aromatic heterocycles. The van der Waals surface area contributed by atoms with Crippen LogP contribution in [0.25, 0.3) is 0 Å². The van der Waals surface area contributed by atoms with Gasteiger partial charge in [-0.1, -0.05) is 32.3 Å². The number of hydrogen-bond acceptors (Lipinski definition) is 27. The van der Waals surface area contributed by atoms with E-state index in [1.807, 2.05) is 0 Å². The van der Waals surface area contributed by atoms with Crippen LogP contribution >= 0.6 is 0 Å². The maximum absolute atomic E-state index is 13.9. The van der Waals surface area contributed by atoms with E-state index in [1.165, 1.54) is 18.6 Å². The molecular formula is C56H87N5O27. The maximum Gasteiger partial charge on any atom is 0.251 e. The summed E-state index contributed by atoms with van der Waals surface area (Å²) in [5, 5.41) is 145. The number of carbonyl (C=O) groups is 5. The average molecular weight is 1260 g/mol. The Balaban J connectivity index is 1.18. The molecule has 88 heavy (non-hydrogen) atoms. The lowest BCUT2D eigenvalue weighted by atomic mass is 9.93. The standard InChI is InChI=1S/C56H87N5O27/c1-6-7-8-9-10-11-12-13-14-18-79-30-17-15-16-29(19-30)51(77)61-37-42(72)41(71)31(20-62)81-53(37)86-48-33(22-64)83-55(39(44(48)74)59-27(4)69)88-50-35(24-66)84-56(40(46(50)76)60-28(5)70)87-49-34(23-65)82-54(38(45(49)75)58-26(3)68)85-47-32(21-63)80-52(78)36(43(47)73)57-25(2)67/h15-17,19,31-50,52-56,62-66,71-76,78H,6-10,13-14,18,20-24H2,1-5H3,(H,57,67)(H,58,68)(H,59,69)(H,60,70)(H,61,77)/t31?,32?,33-,34-,35?,36-,37?,38?,39?,40-,41+,42+,43+,44?,45?,46+,47?,48+,49+,50?,52?,53-,54?,55?,56-/m0/s1. The van der Waals surface area contributed by atoms with Crippen molar-refractivity contribution >= 4 is 29.5 Å². The van der Waals surface area contributed by atoms with Gasteiger partial charge in [-0.25, -0.2) is 0 Å². The second-order valence-electron chi connectivity index (χ2n) is 22.0. The van der Waals surface area contributed by atoms with Crippen LogP contribution in [0.15, 0.2) is 24.3 Å². The molecule has 25 atom stereocenters. The highest BCUT2D eigenvalue weighted by Crippen LogP contribution is 2.36. The van der Waals surface area contributed by atoms with Crippen molar-refractivity contribution in [1.82, 2.24) is 26.6 Å². The summed E-state index contributed by atoms with van der Waals surface area (Å²) in [5.74, 6) is 2.72. The first kappa shape index (κ1) is 72.2. The summed E-state index contributed by atoms with van der Waals surface area (Å²) in [4.78, 5) is 64.1. The van der Waals surface area contributed by atoms with Gasteiger partial charge >= 0.3 is 0 Å². The molecule has 0 bridgehead atoms. The topological polar surface area (TPSA) is 481 Å². The van der Waals surface area contributed by atoms with E-state index >= 15 is 0 Å². The molecule has 5 fully saturated rings. The highest BCUT2D eigenvalue weighted by Gasteiger charge is 2.58. The predicted octanol–water partition coefficient (Wildman–Crippen LogP) is -6.78. The second kappa shape index (κ2) is 34.5. The zero-order valence-electron chi connectivity index (χ0n) is 49.4. The van der Waals surface area contributed by atoms with Gasteiger partial charge in [0.05, 0.1) is 39.6 Å². The lowest BCUT2D eigenvalue weighted by molar-refractivity contribution is -0.367. The van der Waals surface area contributed by atoms with Crippen LogP contribution in [0, 0.1) is 11.8 Å². The summed E-state index contributed by atoms with van der Waals surface area (Å²) in [5.41, 5.74) is 0.0436. The van der Waals surface area contributed by atoms with Gasteiger partial charge in [0.15, 0.2) is 31.5 Å². The third-order valence-corrected chi connectivity index (χ3v) is 15.3. The minimum atomic E-state index is -2.03. The van der Waals surface area contributed by atoms with Gasteiger partial charge in [-0.15, -0.1) is 11.8 Å². The van der Waals surface area contributed by atoms with Gasteiger partial charge in [0.1, 0.15) is 128 Å².